The van der Waals surface area contributed by atoms with Crippen molar-refractivity contribution in [2.24, 2.45) is 10.4 Å². The summed E-state index contributed by atoms with van der Waals surface area (Å²) in [6, 6.07) is 4.37. The van der Waals surface area contributed by atoms with Crippen molar-refractivity contribution in [3.63, 3.8) is 0 Å². The van der Waals surface area contributed by atoms with Gasteiger partial charge in [0.05, 0.1) is 11.7 Å². The van der Waals surface area contributed by atoms with Gasteiger partial charge in [0.1, 0.15) is 5.56 Å². The van der Waals surface area contributed by atoms with Crippen LogP contribution >= 0.6 is 0 Å². The average Bonchev–Trinajstić information content (AvgIpc) is 3.40. The molecule has 2 saturated heterocycles. The number of urea groups is 1. The number of benzene rings is 1. The Labute approximate surface area is 218 Å². The zero-order chi connectivity index (χ0) is 27.4. The highest BCUT2D eigenvalue weighted by Gasteiger charge is 2.63. The SMILES string of the molecule is CCCCn1c(O)c(C=Nc2ccc3c(c2)CC2(C(=O)N(C)C(=O)N(C)C2=O)[C@@H]2CCCN32)c(=O)[nH]c1=O. The predicted octanol–water partition coefficient (Wildman–Crippen LogP) is 1.35. The van der Waals surface area contributed by atoms with E-state index in [1.807, 2.05) is 13.0 Å². The number of amides is 4. The molecule has 2 aromatic rings. The van der Waals surface area contributed by atoms with Crippen LogP contribution in [0.4, 0.5) is 16.2 Å². The highest BCUT2D eigenvalue weighted by molar-refractivity contribution is 6.20. The number of aromatic hydroxyl groups is 1. The van der Waals surface area contributed by atoms with Gasteiger partial charge in [-0.3, -0.25) is 38.7 Å². The Morgan fingerprint density at radius 1 is 1.13 bits per heavy atom. The van der Waals surface area contributed by atoms with Gasteiger partial charge in [0.25, 0.3) is 5.56 Å². The number of imide groups is 2. The van der Waals surface area contributed by atoms with E-state index >= 15 is 0 Å². The molecule has 0 radical (unpaired) electrons. The fraction of sp³-hybridized carbons (Fsp3) is 0.462. The van der Waals surface area contributed by atoms with E-state index in [1.54, 1.807) is 12.1 Å². The molecule has 1 aromatic heterocycles. The molecule has 0 bridgehead atoms. The number of unbranched alkanes of at least 4 members (excludes halogenated alkanes) is 1. The van der Waals surface area contributed by atoms with Crippen molar-refractivity contribution in [1.82, 2.24) is 19.4 Å². The topological polar surface area (TPSA) is 148 Å². The number of barbiturate groups is 1. The van der Waals surface area contributed by atoms with Crippen LogP contribution < -0.4 is 16.1 Å². The zero-order valence-corrected chi connectivity index (χ0v) is 21.6. The summed E-state index contributed by atoms with van der Waals surface area (Å²) in [7, 11) is 2.80. The third-order valence-corrected chi connectivity index (χ3v) is 7.89. The van der Waals surface area contributed by atoms with Gasteiger partial charge in [-0.2, -0.15) is 0 Å². The number of aromatic nitrogens is 2. The number of aromatic amines is 1. The van der Waals surface area contributed by atoms with Crippen molar-refractivity contribution in [3.05, 3.63) is 50.2 Å². The maximum absolute atomic E-state index is 13.5. The standard InChI is InChI=1S/C26H30N6O6/c1-4-5-10-32-21(34)17(20(33)28-24(32)37)14-27-16-8-9-18-15(12-16)13-26(19-7-6-11-31(18)19)22(35)29(2)25(38)30(3)23(26)36/h8-9,12,14,19,34H,4-7,10-11,13H2,1-3H3,(H,28,33,37)/t19-/m0/s1. The van der Waals surface area contributed by atoms with E-state index in [1.165, 1.54) is 20.3 Å². The van der Waals surface area contributed by atoms with Gasteiger partial charge in [0.15, 0.2) is 5.41 Å². The first-order valence-electron chi connectivity index (χ1n) is 12.7. The molecule has 5 rings (SSSR count). The van der Waals surface area contributed by atoms with Gasteiger partial charge in [0.2, 0.25) is 17.7 Å². The first-order valence-corrected chi connectivity index (χ1v) is 12.7. The molecular weight excluding hydrogens is 492 g/mol. The molecule has 12 nitrogen and oxygen atoms in total. The lowest BCUT2D eigenvalue weighted by Crippen LogP contribution is -2.70. The van der Waals surface area contributed by atoms with Crippen LogP contribution in [0.3, 0.4) is 0 Å². The van der Waals surface area contributed by atoms with Crippen LogP contribution in [0.25, 0.3) is 0 Å². The van der Waals surface area contributed by atoms with E-state index in [-0.39, 0.29) is 24.6 Å². The van der Waals surface area contributed by atoms with Crippen LogP contribution in [0.5, 0.6) is 5.88 Å². The number of hydrogen-bond donors (Lipinski definition) is 2. The maximum atomic E-state index is 13.5. The van der Waals surface area contributed by atoms with Gasteiger partial charge >= 0.3 is 11.7 Å². The summed E-state index contributed by atoms with van der Waals surface area (Å²) in [6.07, 6.45) is 4.22. The number of hydrogen-bond acceptors (Lipinski definition) is 8. The lowest BCUT2D eigenvalue weighted by Gasteiger charge is -2.50. The largest absolute Gasteiger partial charge is 0.494 e. The summed E-state index contributed by atoms with van der Waals surface area (Å²) < 4.78 is 1.10. The number of H-pyrrole nitrogens is 1. The number of fused-ring (bicyclic) bond motifs is 4. The van der Waals surface area contributed by atoms with Crippen molar-refractivity contribution in [2.45, 2.75) is 51.6 Å². The average molecular weight is 523 g/mol. The number of nitrogens with one attached hydrogen (secondary N) is 1. The molecule has 1 spiro atoms. The molecule has 12 heteroatoms. The summed E-state index contributed by atoms with van der Waals surface area (Å²) in [4.78, 5) is 74.7. The first-order chi connectivity index (χ1) is 18.1. The molecule has 4 heterocycles. The van der Waals surface area contributed by atoms with Crippen LogP contribution in [0.2, 0.25) is 0 Å². The van der Waals surface area contributed by atoms with E-state index in [4.69, 9.17) is 0 Å². The van der Waals surface area contributed by atoms with Crippen molar-refractivity contribution >= 4 is 35.4 Å². The minimum atomic E-state index is -1.42. The summed E-state index contributed by atoms with van der Waals surface area (Å²) in [5.41, 5.74) is -0.949. The molecule has 38 heavy (non-hydrogen) atoms. The molecule has 0 saturated carbocycles. The van der Waals surface area contributed by atoms with Crippen LogP contribution in [-0.4, -0.2) is 75.2 Å². The second kappa shape index (κ2) is 9.26. The monoisotopic (exact) mass is 522 g/mol. The minimum absolute atomic E-state index is 0.111. The summed E-state index contributed by atoms with van der Waals surface area (Å²) in [6.45, 7) is 2.87. The Morgan fingerprint density at radius 3 is 2.53 bits per heavy atom. The number of nitrogens with zero attached hydrogens (tertiary/aromatic N) is 5. The lowest BCUT2D eigenvalue weighted by molar-refractivity contribution is -0.159. The highest BCUT2D eigenvalue weighted by Crippen LogP contribution is 2.49. The fourth-order valence-electron chi connectivity index (χ4n) is 5.94. The van der Waals surface area contributed by atoms with Crippen molar-refractivity contribution in [1.29, 1.82) is 0 Å². The molecule has 2 N–H and O–H groups in total. The summed E-state index contributed by atoms with van der Waals surface area (Å²) in [5, 5.41) is 10.6. The lowest BCUT2D eigenvalue weighted by atomic mass is 9.68. The number of carbonyl (C=O) groups is 3. The minimum Gasteiger partial charge on any atom is -0.494 e. The van der Waals surface area contributed by atoms with Gasteiger partial charge in [-0.15, -0.1) is 0 Å². The van der Waals surface area contributed by atoms with Crippen molar-refractivity contribution in [3.8, 4) is 5.88 Å². The fourth-order valence-corrected chi connectivity index (χ4v) is 5.94. The van der Waals surface area contributed by atoms with Crippen LogP contribution in [0.15, 0.2) is 32.8 Å². The quantitative estimate of drug-likeness (QED) is 0.445. The molecule has 3 aliphatic rings. The van der Waals surface area contributed by atoms with Crippen molar-refractivity contribution < 1.29 is 19.5 Å². The Bertz CT molecular complexity index is 1470. The molecule has 3 aliphatic heterocycles. The Morgan fingerprint density at radius 2 is 1.84 bits per heavy atom. The van der Waals surface area contributed by atoms with Crippen LogP contribution in [-0.2, 0) is 22.6 Å². The molecule has 4 amide bonds. The third kappa shape index (κ3) is 3.65. The third-order valence-electron chi connectivity index (χ3n) is 7.89. The number of rotatable bonds is 5. The highest BCUT2D eigenvalue weighted by atomic mass is 16.3. The van der Waals surface area contributed by atoms with Crippen LogP contribution in [0, 0.1) is 5.41 Å². The van der Waals surface area contributed by atoms with E-state index in [0.717, 1.165) is 38.5 Å². The van der Waals surface area contributed by atoms with E-state index in [9.17, 15) is 29.1 Å². The van der Waals surface area contributed by atoms with Gasteiger partial charge in [0, 0.05) is 39.1 Å². The van der Waals surface area contributed by atoms with E-state index in [0.29, 0.717) is 25.1 Å². The smallest absolute Gasteiger partial charge is 0.332 e. The Balaban J connectivity index is 1.54. The van der Waals surface area contributed by atoms with Gasteiger partial charge in [-0.05, 0) is 49.4 Å². The summed E-state index contributed by atoms with van der Waals surface area (Å²) in [5.74, 6) is -1.47. The Hall–Kier alpha value is -4.22. The number of aliphatic imine (C=N–C) groups is 1. The van der Waals surface area contributed by atoms with E-state index < -0.39 is 40.4 Å². The maximum Gasteiger partial charge on any atom is 0.332 e. The second-order valence-corrected chi connectivity index (χ2v) is 10.1. The zero-order valence-electron chi connectivity index (χ0n) is 21.6. The molecule has 0 aliphatic carbocycles. The van der Waals surface area contributed by atoms with Gasteiger partial charge in [-0.1, -0.05) is 13.3 Å². The van der Waals surface area contributed by atoms with Crippen LogP contribution in [0.1, 0.15) is 43.7 Å². The molecule has 1 aromatic carbocycles. The van der Waals surface area contributed by atoms with Gasteiger partial charge in [-0.25, -0.2) is 9.59 Å². The Kier molecular flexibility index (Phi) is 6.20. The molecule has 2 fully saturated rings. The first kappa shape index (κ1) is 25.4. The van der Waals surface area contributed by atoms with Crippen molar-refractivity contribution in [2.75, 3.05) is 25.5 Å². The molecule has 200 valence electrons. The molecule has 1 atom stereocenters. The normalized spacial score (nSPS) is 20.6. The van der Waals surface area contributed by atoms with Gasteiger partial charge < -0.3 is 10.0 Å². The van der Waals surface area contributed by atoms with E-state index in [2.05, 4.69) is 14.9 Å². The summed E-state index contributed by atoms with van der Waals surface area (Å²) >= 11 is 0. The predicted molar refractivity (Wildman–Crippen MR) is 139 cm³/mol. The number of carbonyl (C=O) groups excluding carboxylic acids is 3. The molecular formula is C26H30N6O6. The second-order valence-electron chi connectivity index (χ2n) is 10.1. The molecule has 0 unspecified atom stereocenters. The number of anilines is 1.